The van der Waals surface area contributed by atoms with Crippen LogP contribution >= 0.6 is 11.3 Å². The Kier molecular flexibility index (Phi) is 4.83. The maximum atomic E-state index is 12.4. The van der Waals surface area contributed by atoms with Crippen molar-refractivity contribution in [3.63, 3.8) is 0 Å². The summed E-state index contributed by atoms with van der Waals surface area (Å²) in [5, 5.41) is 5.45. The number of methoxy groups -OCH3 is 1. The van der Waals surface area contributed by atoms with Crippen LogP contribution in [-0.2, 0) is 0 Å². The molecule has 0 saturated carbocycles. The molecule has 2 aromatic heterocycles. The minimum Gasteiger partial charge on any atom is -0.497 e. The first-order valence-electron chi connectivity index (χ1n) is 8.48. The monoisotopic (exact) mass is 409 g/mol. The Morgan fingerprint density at radius 1 is 1.07 bits per heavy atom. The van der Waals surface area contributed by atoms with Crippen molar-refractivity contribution >= 4 is 38.5 Å². The number of carbonyl (C=O) groups excluding carboxylic acids is 1. The summed E-state index contributed by atoms with van der Waals surface area (Å²) in [5.74, 6) is 0.626. The van der Waals surface area contributed by atoms with Gasteiger partial charge in [-0.1, -0.05) is 29.5 Å². The molecular weight excluding hydrogens is 394 g/mol. The number of benzene rings is 2. The van der Waals surface area contributed by atoms with Crippen molar-refractivity contribution in [3.05, 3.63) is 75.4 Å². The zero-order valence-corrected chi connectivity index (χ0v) is 15.9. The lowest BCUT2D eigenvalue weighted by Crippen LogP contribution is -2.28. The third kappa shape index (κ3) is 3.73. The average Bonchev–Trinajstić information content (AvgIpc) is 3.13. The first-order valence-corrected chi connectivity index (χ1v) is 9.30. The molecule has 2 heterocycles. The molecule has 0 spiro atoms. The van der Waals surface area contributed by atoms with Crippen LogP contribution in [0.25, 0.3) is 16.0 Å². The van der Waals surface area contributed by atoms with Crippen molar-refractivity contribution in [1.29, 1.82) is 0 Å². The number of aromatic nitrogens is 3. The quantitative estimate of drug-likeness (QED) is 0.479. The molecular formula is C19H15N5O4S. The highest BCUT2D eigenvalue weighted by atomic mass is 32.1. The number of nitrogens with one attached hydrogen (secondary N) is 3. The van der Waals surface area contributed by atoms with Crippen LogP contribution in [-0.4, -0.2) is 27.7 Å². The number of nitrogens with zero attached hydrogens (tertiary/aromatic N) is 2. The van der Waals surface area contributed by atoms with E-state index in [0.717, 1.165) is 11.3 Å². The van der Waals surface area contributed by atoms with Crippen LogP contribution in [0.5, 0.6) is 5.75 Å². The third-order valence-electron chi connectivity index (χ3n) is 4.03. The Morgan fingerprint density at radius 2 is 1.79 bits per heavy atom. The topological polar surface area (TPSA) is 118 Å². The lowest BCUT2D eigenvalue weighted by Gasteiger charge is -2.07. The highest BCUT2D eigenvalue weighted by molar-refractivity contribution is 7.22. The van der Waals surface area contributed by atoms with E-state index in [1.165, 1.54) is 11.7 Å². The van der Waals surface area contributed by atoms with Crippen LogP contribution in [0, 0.1) is 0 Å². The first-order chi connectivity index (χ1) is 14.0. The fraction of sp³-hybridized carbons (Fsp3) is 0.0526. The molecule has 10 heteroatoms. The van der Waals surface area contributed by atoms with Gasteiger partial charge in [0.25, 0.3) is 5.56 Å². The molecule has 0 atom stereocenters. The predicted molar refractivity (Wildman–Crippen MR) is 111 cm³/mol. The minimum absolute atomic E-state index is 0.156. The van der Waals surface area contributed by atoms with Gasteiger partial charge in [0.15, 0.2) is 10.8 Å². The lowest BCUT2D eigenvalue weighted by molar-refractivity contribution is 0.262. The maximum absolute atomic E-state index is 12.4. The Morgan fingerprint density at radius 3 is 2.48 bits per heavy atom. The smallest absolute Gasteiger partial charge is 0.334 e. The molecule has 2 aromatic carbocycles. The number of fused-ring (bicyclic) bond motifs is 1. The van der Waals surface area contributed by atoms with Gasteiger partial charge in [-0.3, -0.25) is 15.1 Å². The number of hydrogen-bond acceptors (Lipinski definition) is 6. The summed E-state index contributed by atoms with van der Waals surface area (Å²) in [6.07, 6.45) is 0. The van der Waals surface area contributed by atoms with Gasteiger partial charge in [-0.15, -0.1) is 0 Å². The number of H-pyrrole nitrogens is 1. The number of aromatic amines is 1. The molecule has 2 amide bonds. The van der Waals surface area contributed by atoms with E-state index in [-0.39, 0.29) is 15.5 Å². The van der Waals surface area contributed by atoms with Gasteiger partial charge in [-0.2, -0.15) is 0 Å². The summed E-state index contributed by atoms with van der Waals surface area (Å²) >= 11 is 0.977. The normalized spacial score (nSPS) is 10.7. The number of hydrogen-bond donors (Lipinski definition) is 3. The van der Waals surface area contributed by atoms with Gasteiger partial charge in [0.05, 0.1) is 12.8 Å². The zero-order valence-electron chi connectivity index (χ0n) is 15.1. The summed E-state index contributed by atoms with van der Waals surface area (Å²) < 4.78 is 6.61. The molecule has 3 N–H and O–H groups in total. The van der Waals surface area contributed by atoms with E-state index < -0.39 is 17.3 Å². The highest BCUT2D eigenvalue weighted by Gasteiger charge is 2.16. The number of rotatable bonds is 4. The molecule has 0 unspecified atom stereocenters. The van der Waals surface area contributed by atoms with Crippen molar-refractivity contribution in [2.24, 2.45) is 0 Å². The van der Waals surface area contributed by atoms with Gasteiger partial charge in [0.2, 0.25) is 0 Å². The van der Waals surface area contributed by atoms with Gasteiger partial charge >= 0.3 is 11.7 Å². The van der Waals surface area contributed by atoms with Crippen LogP contribution in [0.1, 0.15) is 0 Å². The summed E-state index contributed by atoms with van der Waals surface area (Å²) in [4.78, 5) is 43.4. The van der Waals surface area contributed by atoms with Crippen LogP contribution in [0.15, 0.2) is 64.2 Å². The minimum atomic E-state index is -0.627. The molecule has 29 heavy (non-hydrogen) atoms. The molecule has 0 radical (unpaired) electrons. The summed E-state index contributed by atoms with van der Waals surface area (Å²) in [6, 6.07) is 15.1. The molecule has 4 rings (SSSR count). The van der Waals surface area contributed by atoms with Gasteiger partial charge < -0.3 is 10.1 Å². The summed E-state index contributed by atoms with van der Waals surface area (Å²) in [6.45, 7) is 0. The predicted octanol–water partition coefficient (Wildman–Crippen LogP) is 2.79. The number of para-hydroxylation sites is 1. The lowest BCUT2D eigenvalue weighted by atomic mass is 10.3. The largest absolute Gasteiger partial charge is 0.497 e. The molecule has 0 fully saturated rings. The fourth-order valence-corrected chi connectivity index (χ4v) is 3.56. The SMILES string of the molecule is COc1ccc(-n2c(=O)[nH]c(=O)c3sc(NC(=O)Nc4ccccc4)nc32)cc1. The van der Waals surface area contributed by atoms with E-state index in [2.05, 4.69) is 20.6 Å². The standard InChI is InChI=1S/C19H15N5O4S/c1-28-13-9-7-12(8-10-13)24-15-14(16(25)22-19(24)27)29-18(21-15)23-17(26)20-11-5-3-2-4-6-11/h2-10H,1H3,(H,22,25,27)(H2,20,21,23,26). The van der Waals surface area contributed by atoms with E-state index >= 15 is 0 Å². The first kappa shape index (κ1) is 18.4. The van der Waals surface area contributed by atoms with Gasteiger partial charge in [-0.25, -0.2) is 19.1 Å². The van der Waals surface area contributed by atoms with E-state index in [0.29, 0.717) is 17.1 Å². The Balaban J connectivity index is 1.71. The molecule has 0 aliphatic heterocycles. The number of thiazole rings is 1. The molecule has 9 nitrogen and oxygen atoms in total. The second-order valence-corrected chi connectivity index (χ2v) is 6.91. The van der Waals surface area contributed by atoms with Crippen LogP contribution < -0.4 is 26.6 Å². The number of ether oxygens (including phenoxy) is 1. The maximum Gasteiger partial charge on any atom is 0.334 e. The van der Waals surface area contributed by atoms with Gasteiger partial charge in [0, 0.05) is 5.69 Å². The number of anilines is 2. The number of urea groups is 1. The Hall–Kier alpha value is -3.92. The van der Waals surface area contributed by atoms with Crippen molar-refractivity contribution in [3.8, 4) is 11.4 Å². The van der Waals surface area contributed by atoms with Crippen molar-refractivity contribution in [1.82, 2.24) is 14.5 Å². The second kappa shape index (κ2) is 7.60. The van der Waals surface area contributed by atoms with Crippen LogP contribution in [0.4, 0.5) is 15.6 Å². The summed E-state index contributed by atoms with van der Waals surface area (Å²) in [7, 11) is 1.54. The number of amides is 2. The van der Waals surface area contributed by atoms with Crippen LogP contribution in [0.2, 0.25) is 0 Å². The van der Waals surface area contributed by atoms with Crippen molar-refractivity contribution < 1.29 is 9.53 Å². The van der Waals surface area contributed by atoms with E-state index in [1.807, 2.05) is 6.07 Å². The Bertz CT molecular complexity index is 1290. The van der Waals surface area contributed by atoms with E-state index in [9.17, 15) is 14.4 Å². The molecule has 0 aliphatic carbocycles. The second-order valence-electron chi connectivity index (χ2n) is 5.91. The highest BCUT2D eigenvalue weighted by Crippen LogP contribution is 2.24. The van der Waals surface area contributed by atoms with Crippen LogP contribution in [0.3, 0.4) is 0 Å². The fourth-order valence-electron chi connectivity index (χ4n) is 2.72. The molecule has 4 aromatic rings. The Labute approximate surface area is 167 Å². The van der Waals surface area contributed by atoms with Gasteiger partial charge in [-0.05, 0) is 36.4 Å². The van der Waals surface area contributed by atoms with Crippen molar-refractivity contribution in [2.45, 2.75) is 0 Å². The van der Waals surface area contributed by atoms with Gasteiger partial charge in [0.1, 0.15) is 10.4 Å². The number of carbonyl (C=O) groups is 1. The molecule has 0 bridgehead atoms. The zero-order chi connectivity index (χ0) is 20.4. The third-order valence-corrected chi connectivity index (χ3v) is 4.99. The molecule has 146 valence electrons. The summed E-state index contributed by atoms with van der Waals surface area (Å²) in [5.41, 5.74) is 0.0766. The van der Waals surface area contributed by atoms with E-state index in [4.69, 9.17) is 4.74 Å². The average molecular weight is 409 g/mol. The molecule has 0 saturated heterocycles. The van der Waals surface area contributed by atoms with Crippen molar-refractivity contribution in [2.75, 3.05) is 17.7 Å². The van der Waals surface area contributed by atoms with E-state index in [1.54, 1.807) is 48.5 Å². The molecule has 0 aliphatic rings.